The smallest absolute Gasteiger partial charge is 0.216 e. The number of benzene rings is 1. The zero-order chi connectivity index (χ0) is 18.6. The lowest BCUT2D eigenvalue weighted by molar-refractivity contribution is 0.162. The molecule has 0 radical (unpaired) electrons. The summed E-state index contributed by atoms with van der Waals surface area (Å²) in [7, 11) is -2.96. The first-order valence-corrected chi connectivity index (χ1v) is 11.0. The Hall–Kier alpha value is -1.92. The topological polar surface area (TPSA) is 68.3 Å². The van der Waals surface area contributed by atoms with Crippen molar-refractivity contribution in [1.82, 2.24) is 10.3 Å². The Balaban J connectivity index is 1.47. The molecule has 0 bridgehead atoms. The molecule has 2 atom stereocenters. The van der Waals surface area contributed by atoms with Gasteiger partial charge in [0.25, 0.3) is 0 Å². The Kier molecular flexibility index (Phi) is 5.94. The summed E-state index contributed by atoms with van der Waals surface area (Å²) in [5.74, 6) is 0.948. The molecule has 2 aromatic rings. The lowest BCUT2D eigenvalue weighted by Gasteiger charge is -2.25. The highest BCUT2D eigenvalue weighted by molar-refractivity contribution is 7.90. The Labute approximate surface area is 155 Å². The second-order valence-corrected chi connectivity index (χ2v) is 9.30. The van der Waals surface area contributed by atoms with Crippen molar-refractivity contribution in [2.24, 2.45) is 0 Å². The molecular weight excluding hydrogens is 348 g/mol. The molecule has 0 aliphatic carbocycles. The van der Waals surface area contributed by atoms with Crippen LogP contribution in [-0.4, -0.2) is 38.1 Å². The molecule has 0 spiro atoms. The van der Waals surface area contributed by atoms with Gasteiger partial charge in [0.05, 0.1) is 5.75 Å². The molecule has 140 valence electrons. The summed E-state index contributed by atoms with van der Waals surface area (Å²) in [6, 6.07) is 12.2. The van der Waals surface area contributed by atoms with Gasteiger partial charge in [0, 0.05) is 31.1 Å². The van der Waals surface area contributed by atoms with Crippen LogP contribution in [0, 0.1) is 0 Å². The number of nitrogens with zero attached hydrogens (tertiary/aromatic N) is 1. The molecule has 1 aromatic heterocycles. The number of nitrogens with one attached hydrogen (secondary N) is 1. The first-order chi connectivity index (χ1) is 12.4. The first-order valence-electron chi connectivity index (χ1n) is 8.98. The maximum absolute atomic E-state index is 11.4. The van der Waals surface area contributed by atoms with E-state index < -0.39 is 9.84 Å². The van der Waals surface area contributed by atoms with Crippen molar-refractivity contribution < 1.29 is 13.2 Å². The minimum Gasteiger partial charge on any atom is -0.473 e. The standard InChI is InChI=1S/C20H26N2O3S/c1-15(14-26(2,23)24)17-7-5-16(6-8-17)12-21-13-19-10-9-18-4-3-11-22-20(18)25-19/h3-8,11,15,19,21H,9-10,12-14H2,1-2H3/t15-,19?/m0/s1. The number of ether oxygens (including phenoxy) is 1. The minimum absolute atomic E-state index is 0.00946. The first kappa shape index (κ1) is 18.9. The van der Waals surface area contributed by atoms with Crippen LogP contribution < -0.4 is 10.1 Å². The summed E-state index contributed by atoms with van der Waals surface area (Å²) in [6.07, 6.45) is 5.19. The molecule has 3 rings (SSSR count). The van der Waals surface area contributed by atoms with Gasteiger partial charge >= 0.3 is 0 Å². The van der Waals surface area contributed by atoms with Crippen LogP contribution in [0.5, 0.6) is 5.88 Å². The highest BCUT2D eigenvalue weighted by Crippen LogP contribution is 2.24. The normalized spacial score (nSPS) is 18.0. The van der Waals surface area contributed by atoms with Crippen molar-refractivity contribution in [1.29, 1.82) is 0 Å². The summed E-state index contributed by atoms with van der Waals surface area (Å²) in [6.45, 7) is 3.48. The van der Waals surface area contributed by atoms with Crippen molar-refractivity contribution in [2.75, 3.05) is 18.6 Å². The van der Waals surface area contributed by atoms with Crippen LogP contribution in [-0.2, 0) is 22.8 Å². The summed E-state index contributed by atoms with van der Waals surface area (Å²) < 4.78 is 28.8. The molecule has 0 fully saturated rings. The van der Waals surface area contributed by atoms with Gasteiger partial charge in [0.1, 0.15) is 15.9 Å². The van der Waals surface area contributed by atoms with Gasteiger partial charge in [-0.3, -0.25) is 0 Å². The fourth-order valence-corrected chi connectivity index (χ4v) is 4.39. The predicted molar refractivity (Wildman–Crippen MR) is 103 cm³/mol. The van der Waals surface area contributed by atoms with E-state index in [2.05, 4.69) is 28.5 Å². The number of sulfone groups is 1. The van der Waals surface area contributed by atoms with Crippen LogP contribution in [0.1, 0.15) is 36.0 Å². The number of hydrogen-bond acceptors (Lipinski definition) is 5. The van der Waals surface area contributed by atoms with Gasteiger partial charge in [-0.25, -0.2) is 13.4 Å². The summed E-state index contributed by atoms with van der Waals surface area (Å²) in [5.41, 5.74) is 3.41. The van der Waals surface area contributed by atoms with Gasteiger partial charge in [-0.1, -0.05) is 37.3 Å². The van der Waals surface area contributed by atoms with Crippen molar-refractivity contribution in [2.45, 2.75) is 38.3 Å². The van der Waals surface area contributed by atoms with E-state index in [1.807, 2.05) is 25.1 Å². The Morgan fingerprint density at radius 3 is 2.77 bits per heavy atom. The molecule has 0 amide bonds. The second-order valence-electron chi connectivity index (χ2n) is 7.11. The van der Waals surface area contributed by atoms with E-state index in [9.17, 15) is 8.42 Å². The van der Waals surface area contributed by atoms with E-state index in [0.717, 1.165) is 37.4 Å². The number of fused-ring (bicyclic) bond motifs is 1. The SMILES string of the molecule is C[C@@H](CS(C)(=O)=O)c1ccc(CNCC2CCc3cccnc3O2)cc1. The Morgan fingerprint density at radius 1 is 1.27 bits per heavy atom. The fraction of sp³-hybridized carbons (Fsp3) is 0.450. The third-order valence-electron chi connectivity index (χ3n) is 4.67. The lowest BCUT2D eigenvalue weighted by Crippen LogP contribution is -2.34. The van der Waals surface area contributed by atoms with Crippen molar-refractivity contribution in [3.63, 3.8) is 0 Å². The molecule has 1 N–H and O–H groups in total. The average Bonchev–Trinajstić information content (AvgIpc) is 2.61. The van der Waals surface area contributed by atoms with E-state index in [4.69, 9.17) is 4.74 Å². The number of rotatable bonds is 7. The second kappa shape index (κ2) is 8.18. The largest absolute Gasteiger partial charge is 0.473 e. The molecule has 0 saturated carbocycles. The van der Waals surface area contributed by atoms with Crippen LogP contribution in [0.3, 0.4) is 0 Å². The molecule has 1 aromatic carbocycles. The maximum atomic E-state index is 11.4. The predicted octanol–water partition coefficient (Wildman–Crippen LogP) is 2.71. The zero-order valence-corrected chi connectivity index (χ0v) is 16.1. The number of hydrogen-bond donors (Lipinski definition) is 1. The number of pyridine rings is 1. The quantitative estimate of drug-likeness (QED) is 0.807. The molecule has 1 unspecified atom stereocenters. The minimum atomic E-state index is -2.96. The van der Waals surface area contributed by atoms with E-state index in [1.165, 1.54) is 17.4 Å². The van der Waals surface area contributed by atoms with E-state index in [-0.39, 0.29) is 17.8 Å². The van der Waals surface area contributed by atoms with Crippen LogP contribution in [0.15, 0.2) is 42.6 Å². The Morgan fingerprint density at radius 2 is 2.04 bits per heavy atom. The van der Waals surface area contributed by atoms with Gasteiger partial charge in [-0.05, 0) is 36.0 Å². The van der Waals surface area contributed by atoms with Crippen LogP contribution in [0.2, 0.25) is 0 Å². The highest BCUT2D eigenvalue weighted by Gasteiger charge is 2.20. The third kappa shape index (κ3) is 5.29. The summed E-state index contributed by atoms with van der Waals surface area (Å²) in [4.78, 5) is 4.29. The highest BCUT2D eigenvalue weighted by atomic mass is 32.2. The van der Waals surface area contributed by atoms with Gasteiger partial charge in [0.2, 0.25) is 5.88 Å². The Bertz CT molecular complexity index is 834. The van der Waals surface area contributed by atoms with Gasteiger partial charge in [-0.2, -0.15) is 0 Å². The fourth-order valence-electron chi connectivity index (χ4n) is 3.29. The van der Waals surface area contributed by atoms with E-state index in [1.54, 1.807) is 6.20 Å². The van der Waals surface area contributed by atoms with E-state index in [0.29, 0.717) is 0 Å². The van der Waals surface area contributed by atoms with Crippen molar-refractivity contribution in [3.05, 3.63) is 59.3 Å². The van der Waals surface area contributed by atoms with E-state index >= 15 is 0 Å². The molecular formula is C20H26N2O3S. The summed E-state index contributed by atoms with van der Waals surface area (Å²) in [5, 5.41) is 3.44. The molecule has 26 heavy (non-hydrogen) atoms. The monoisotopic (exact) mass is 374 g/mol. The zero-order valence-electron chi connectivity index (χ0n) is 15.3. The van der Waals surface area contributed by atoms with Crippen LogP contribution in [0.4, 0.5) is 0 Å². The molecule has 1 aliphatic rings. The van der Waals surface area contributed by atoms with Crippen LogP contribution >= 0.6 is 0 Å². The third-order valence-corrected chi connectivity index (χ3v) is 5.77. The molecule has 0 saturated heterocycles. The molecule has 1 aliphatic heterocycles. The number of aryl methyl sites for hydroxylation is 1. The van der Waals surface area contributed by atoms with Crippen molar-refractivity contribution in [3.8, 4) is 5.88 Å². The average molecular weight is 375 g/mol. The molecule has 5 nitrogen and oxygen atoms in total. The lowest BCUT2D eigenvalue weighted by atomic mass is 10.0. The van der Waals surface area contributed by atoms with Gasteiger partial charge < -0.3 is 10.1 Å². The van der Waals surface area contributed by atoms with Crippen LogP contribution in [0.25, 0.3) is 0 Å². The molecule has 6 heteroatoms. The number of aromatic nitrogens is 1. The van der Waals surface area contributed by atoms with Crippen molar-refractivity contribution >= 4 is 9.84 Å². The van der Waals surface area contributed by atoms with Gasteiger partial charge in [0.15, 0.2) is 0 Å². The molecule has 2 heterocycles. The summed E-state index contributed by atoms with van der Waals surface area (Å²) >= 11 is 0. The maximum Gasteiger partial charge on any atom is 0.216 e. The van der Waals surface area contributed by atoms with Gasteiger partial charge in [-0.15, -0.1) is 0 Å².